The summed E-state index contributed by atoms with van der Waals surface area (Å²) in [5.41, 5.74) is 6.93. The highest BCUT2D eigenvalue weighted by molar-refractivity contribution is 6.45. The number of nitrogens with two attached hydrogens (primary N) is 1. The molecule has 11 nitrogen and oxygen atoms in total. The minimum absolute atomic E-state index is 0.0149. The second kappa shape index (κ2) is 8.04. The van der Waals surface area contributed by atoms with Gasteiger partial charge in [-0.05, 0) is 19.2 Å². The zero-order valence-electron chi connectivity index (χ0n) is 14.1. The Morgan fingerprint density at radius 1 is 1.42 bits per heavy atom. The Balaban J connectivity index is 2.26. The average molecular weight is 358 g/mol. The monoisotopic (exact) mass is 358 g/mol. The molecular formula is C15H18N8O3. The van der Waals surface area contributed by atoms with Gasteiger partial charge in [-0.25, -0.2) is 0 Å². The van der Waals surface area contributed by atoms with E-state index in [1.165, 1.54) is 18.2 Å². The van der Waals surface area contributed by atoms with Crippen LogP contribution < -0.4 is 11.2 Å². The number of hydrogen-bond acceptors (Lipinski definition) is 8. The first-order valence-electron chi connectivity index (χ1n) is 7.68. The van der Waals surface area contributed by atoms with Crippen LogP contribution in [0.2, 0.25) is 0 Å². The number of amides is 1. The Bertz CT molecular complexity index is 806. The number of nitro benzene ring substituents is 1. The van der Waals surface area contributed by atoms with Gasteiger partial charge in [-0.2, -0.15) is 10.4 Å². The number of hydrazone groups is 1. The molecule has 4 N–H and O–H groups in total. The molecule has 26 heavy (non-hydrogen) atoms. The largest absolute Gasteiger partial charge is 0.382 e. The Morgan fingerprint density at radius 3 is 2.62 bits per heavy atom. The molecule has 2 rings (SSSR count). The van der Waals surface area contributed by atoms with Crippen LogP contribution in [-0.4, -0.2) is 65.4 Å². The van der Waals surface area contributed by atoms with Gasteiger partial charge in [-0.15, -0.1) is 0 Å². The molecule has 0 aliphatic carbocycles. The predicted molar refractivity (Wildman–Crippen MR) is 95.1 cm³/mol. The van der Waals surface area contributed by atoms with Crippen molar-refractivity contribution >= 4 is 28.8 Å². The van der Waals surface area contributed by atoms with E-state index in [-0.39, 0.29) is 22.8 Å². The van der Waals surface area contributed by atoms with Crippen LogP contribution in [0.1, 0.15) is 10.4 Å². The molecule has 1 aromatic carbocycles. The van der Waals surface area contributed by atoms with Crippen molar-refractivity contribution < 1.29 is 9.72 Å². The topological polar surface area (TPSA) is 165 Å². The summed E-state index contributed by atoms with van der Waals surface area (Å²) in [6.07, 6.45) is 0. The fourth-order valence-electron chi connectivity index (χ4n) is 2.36. The third kappa shape index (κ3) is 4.31. The van der Waals surface area contributed by atoms with Crippen LogP contribution in [0.15, 0.2) is 23.3 Å². The number of rotatable bonds is 5. The van der Waals surface area contributed by atoms with E-state index >= 15 is 0 Å². The lowest BCUT2D eigenvalue weighted by Gasteiger charge is -2.32. The molecule has 1 amide bonds. The Kier molecular flexibility index (Phi) is 5.82. The van der Waals surface area contributed by atoms with Crippen molar-refractivity contribution in [1.82, 2.24) is 9.80 Å². The minimum Gasteiger partial charge on any atom is -0.382 e. The van der Waals surface area contributed by atoms with Crippen molar-refractivity contribution in [1.29, 1.82) is 10.7 Å². The summed E-state index contributed by atoms with van der Waals surface area (Å²) in [5, 5.41) is 30.9. The van der Waals surface area contributed by atoms with Gasteiger partial charge in [0.15, 0.2) is 5.84 Å². The van der Waals surface area contributed by atoms with Gasteiger partial charge in [0, 0.05) is 37.8 Å². The third-order valence-corrected chi connectivity index (χ3v) is 3.88. The number of likely N-dealkylation sites (N-methyl/N-ethyl adjacent to an activating group) is 1. The van der Waals surface area contributed by atoms with Crippen LogP contribution in [0.3, 0.4) is 0 Å². The summed E-state index contributed by atoms with van der Waals surface area (Å²) < 4.78 is 0. The average Bonchev–Trinajstić information content (AvgIpc) is 2.62. The molecule has 0 spiro atoms. The molecule has 1 aliphatic heterocycles. The molecule has 0 radical (unpaired) electrons. The fourth-order valence-corrected chi connectivity index (χ4v) is 2.36. The lowest BCUT2D eigenvalue weighted by atomic mass is 10.1. The number of amidine groups is 1. The molecule has 0 unspecified atom stereocenters. The lowest BCUT2D eigenvalue weighted by molar-refractivity contribution is -0.384. The molecule has 1 fully saturated rings. The van der Waals surface area contributed by atoms with Gasteiger partial charge in [0.05, 0.1) is 4.92 Å². The molecule has 11 heteroatoms. The summed E-state index contributed by atoms with van der Waals surface area (Å²) in [6.45, 7) is 2.59. The highest BCUT2D eigenvalue weighted by atomic mass is 16.6. The summed E-state index contributed by atoms with van der Waals surface area (Å²) >= 11 is 0. The van der Waals surface area contributed by atoms with Crippen molar-refractivity contribution in [2.75, 3.05) is 38.7 Å². The molecule has 0 aromatic heterocycles. The molecule has 136 valence electrons. The number of anilines is 1. The normalized spacial score (nSPS) is 15.2. The van der Waals surface area contributed by atoms with Crippen LogP contribution in [0.5, 0.6) is 0 Å². The van der Waals surface area contributed by atoms with Gasteiger partial charge in [0.2, 0.25) is 5.71 Å². The second-order valence-corrected chi connectivity index (χ2v) is 5.68. The van der Waals surface area contributed by atoms with Crippen molar-refractivity contribution in [3.8, 4) is 6.07 Å². The van der Waals surface area contributed by atoms with Crippen molar-refractivity contribution in [3.05, 3.63) is 33.9 Å². The van der Waals surface area contributed by atoms with Crippen molar-refractivity contribution in [2.24, 2.45) is 10.8 Å². The zero-order chi connectivity index (χ0) is 19.3. The van der Waals surface area contributed by atoms with Gasteiger partial charge < -0.3 is 15.5 Å². The highest BCUT2D eigenvalue weighted by Crippen LogP contribution is 2.26. The van der Waals surface area contributed by atoms with E-state index in [4.69, 9.17) is 16.4 Å². The van der Waals surface area contributed by atoms with E-state index in [0.717, 1.165) is 13.1 Å². The summed E-state index contributed by atoms with van der Waals surface area (Å²) in [4.78, 5) is 26.9. The second-order valence-electron chi connectivity index (χ2n) is 5.68. The summed E-state index contributed by atoms with van der Waals surface area (Å²) in [6, 6.07) is 5.55. The minimum atomic E-state index is -0.654. The summed E-state index contributed by atoms with van der Waals surface area (Å²) in [5.74, 6) is -0.845. The van der Waals surface area contributed by atoms with Crippen LogP contribution in [0.25, 0.3) is 0 Å². The standard InChI is InChI=1S/C15H18N8O3/c1-21-4-6-22(7-5-21)15(24)10-2-3-11(13(8-10)23(25)26)19-20-12(9-16)14(17)18/h2-3,8,19H,4-7H2,1H3,(H3,17,18)/b20-12+. The molecular weight excluding hydrogens is 340 g/mol. The first kappa shape index (κ1) is 18.8. The van der Waals surface area contributed by atoms with Gasteiger partial charge in [-0.1, -0.05) is 0 Å². The maximum absolute atomic E-state index is 12.5. The number of benzene rings is 1. The highest BCUT2D eigenvalue weighted by Gasteiger charge is 2.23. The first-order valence-corrected chi connectivity index (χ1v) is 7.68. The fraction of sp³-hybridized carbons (Fsp3) is 0.333. The van der Waals surface area contributed by atoms with Crippen molar-refractivity contribution in [3.63, 3.8) is 0 Å². The maximum Gasteiger partial charge on any atom is 0.294 e. The third-order valence-electron chi connectivity index (χ3n) is 3.88. The van der Waals surface area contributed by atoms with Crippen LogP contribution in [-0.2, 0) is 0 Å². The quantitative estimate of drug-likeness (QED) is 0.293. The Morgan fingerprint density at radius 2 is 2.08 bits per heavy atom. The van der Waals surface area contributed by atoms with Crippen molar-refractivity contribution in [2.45, 2.75) is 0 Å². The first-order chi connectivity index (χ1) is 12.3. The summed E-state index contributed by atoms with van der Waals surface area (Å²) in [7, 11) is 1.96. The van der Waals surface area contributed by atoms with Gasteiger partial charge in [0.25, 0.3) is 11.6 Å². The number of piperazine rings is 1. The smallest absolute Gasteiger partial charge is 0.294 e. The molecule has 0 saturated carbocycles. The lowest BCUT2D eigenvalue weighted by Crippen LogP contribution is -2.47. The van der Waals surface area contributed by atoms with E-state index < -0.39 is 16.5 Å². The number of hydrogen-bond donors (Lipinski definition) is 3. The number of nitriles is 1. The SMILES string of the molecule is CN1CCN(C(=O)c2ccc(N/N=C(\C#N)C(=N)N)c([N+](=O)[O-])c2)CC1. The van der Waals surface area contributed by atoms with Gasteiger partial charge in [-0.3, -0.25) is 25.7 Å². The zero-order valence-corrected chi connectivity index (χ0v) is 14.1. The molecule has 1 aliphatic rings. The Hall–Kier alpha value is -3.52. The van der Waals surface area contributed by atoms with E-state index in [1.54, 1.807) is 11.0 Å². The van der Waals surface area contributed by atoms with E-state index in [1.807, 2.05) is 7.05 Å². The van der Waals surface area contributed by atoms with Gasteiger partial charge >= 0.3 is 0 Å². The molecule has 1 saturated heterocycles. The van der Waals surface area contributed by atoms with Crippen LogP contribution in [0.4, 0.5) is 11.4 Å². The van der Waals surface area contributed by atoms with E-state index in [0.29, 0.717) is 13.1 Å². The number of nitrogens with zero attached hydrogens (tertiary/aromatic N) is 5. The van der Waals surface area contributed by atoms with Gasteiger partial charge in [0.1, 0.15) is 11.8 Å². The van der Waals surface area contributed by atoms with E-state index in [2.05, 4.69) is 15.4 Å². The van der Waals surface area contributed by atoms with Crippen LogP contribution in [0, 0.1) is 26.9 Å². The van der Waals surface area contributed by atoms with Crippen LogP contribution >= 0.6 is 0 Å². The molecule has 1 heterocycles. The molecule has 0 atom stereocenters. The number of nitro groups is 1. The predicted octanol–water partition coefficient (Wildman–Crippen LogP) is 0.210. The Labute approximate surface area is 149 Å². The molecule has 1 aromatic rings. The molecule has 0 bridgehead atoms. The number of carbonyl (C=O) groups excluding carboxylic acids is 1. The number of carbonyl (C=O) groups is 1. The number of nitrogens with one attached hydrogen (secondary N) is 2. The maximum atomic E-state index is 12.5. The van der Waals surface area contributed by atoms with E-state index in [9.17, 15) is 14.9 Å².